The van der Waals surface area contributed by atoms with Gasteiger partial charge in [-0.1, -0.05) is 26.7 Å². The molecule has 0 aromatic carbocycles. The first kappa shape index (κ1) is 15.9. The lowest BCUT2D eigenvalue weighted by Gasteiger charge is -2.23. The SMILES string of the molecule is CCCCN(CCCC)c1ncc(Br)cc1[N+](=O)[O-]. The van der Waals surface area contributed by atoms with Gasteiger partial charge in [0.15, 0.2) is 0 Å². The Balaban J connectivity index is 3.02. The predicted molar refractivity (Wildman–Crippen MR) is 80.6 cm³/mol. The number of unbranched alkanes of at least 4 members (excludes halogenated alkanes) is 2. The highest BCUT2D eigenvalue weighted by Gasteiger charge is 2.21. The molecular weight excluding hydrogens is 310 g/mol. The Morgan fingerprint density at radius 3 is 2.37 bits per heavy atom. The molecule has 0 aliphatic rings. The molecule has 0 spiro atoms. The van der Waals surface area contributed by atoms with Crippen molar-refractivity contribution in [2.75, 3.05) is 18.0 Å². The van der Waals surface area contributed by atoms with E-state index >= 15 is 0 Å². The van der Waals surface area contributed by atoms with Crippen LogP contribution in [0.4, 0.5) is 11.5 Å². The summed E-state index contributed by atoms with van der Waals surface area (Å²) in [7, 11) is 0. The molecule has 0 saturated heterocycles. The summed E-state index contributed by atoms with van der Waals surface area (Å²) in [5.74, 6) is 0.482. The smallest absolute Gasteiger partial charge is 0.312 e. The van der Waals surface area contributed by atoms with E-state index in [4.69, 9.17) is 0 Å². The van der Waals surface area contributed by atoms with Crippen LogP contribution in [0.15, 0.2) is 16.7 Å². The monoisotopic (exact) mass is 329 g/mol. The molecule has 6 heteroatoms. The molecule has 1 aromatic heterocycles. The molecule has 1 aromatic rings. The van der Waals surface area contributed by atoms with Crippen LogP contribution in [-0.2, 0) is 0 Å². The van der Waals surface area contributed by atoms with E-state index in [1.807, 2.05) is 4.90 Å². The van der Waals surface area contributed by atoms with Crippen LogP contribution < -0.4 is 4.90 Å². The minimum absolute atomic E-state index is 0.0709. The molecule has 0 radical (unpaired) electrons. The summed E-state index contributed by atoms with van der Waals surface area (Å²) in [6.45, 7) is 5.85. The highest BCUT2D eigenvalue weighted by atomic mass is 79.9. The van der Waals surface area contributed by atoms with Crippen molar-refractivity contribution in [3.05, 3.63) is 26.9 Å². The van der Waals surface area contributed by atoms with Crippen molar-refractivity contribution < 1.29 is 4.92 Å². The van der Waals surface area contributed by atoms with E-state index in [0.717, 1.165) is 38.8 Å². The van der Waals surface area contributed by atoms with Crippen molar-refractivity contribution in [1.82, 2.24) is 4.98 Å². The third-order valence-corrected chi connectivity index (χ3v) is 3.31. The number of nitrogens with zero attached hydrogens (tertiary/aromatic N) is 3. The van der Waals surface area contributed by atoms with Crippen LogP contribution >= 0.6 is 15.9 Å². The molecule has 0 unspecified atom stereocenters. The van der Waals surface area contributed by atoms with Crippen molar-refractivity contribution in [3.8, 4) is 0 Å². The van der Waals surface area contributed by atoms with Gasteiger partial charge < -0.3 is 4.90 Å². The fraction of sp³-hybridized carbons (Fsp3) is 0.615. The number of anilines is 1. The second kappa shape index (κ2) is 8.09. The minimum atomic E-state index is -0.363. The molecule has 5 nitrogen and oxygen atoms in total. The number of hydrogen-bond donors (Lipinski definition) is 0. The van der Waals surface area contributed by atoms with Crippen molar-refractivity contribution in [3.63, 3.8) is 0 Å². The minimum Gasteiger partial charge on any atom is -0.351 e. The van der Waals surface area contributed by atoms with Crippen LogP contribution in [0.5, 0.6) is 0 Å². The molecule has 0 fully saturated rings. The number of hydrogen-bond acceptors (Lipinski definition) is 4. The third kappa shape index (κ3) is 4.78. The molecule has 0 aliphatic heterocycles. The van der Waals surface area contributed by atoms with Crippen molar-refractivity contribution in [2.24, 2.45) is 0 Å². The lowest BCUT2D eigenvalue weighted by atomic mass is 10.2. The Labute approximate surface area is 122 Å². The molecule has 106 valence electrons. The Kier molecular flexibility index (Phi) is 6.77. The molecule has 1 heterocycles. The summed E-state index contributed by atoms with van der Waals surface area (Å²) in [6, 6.07) is 1.52. The van der Waals surface area contributed by atoms with Crippen molar-refractivity contribution >= 4 is 27.4 Å². The quantitative estimate of drug-likeness (QED) is 0.530. The Hall–Kier alpha value is -1.17. The van der Waals surface area contributed by atoms with Gasteiger partial charge in [0.05, 0.1) is 4.92 Å². The zero-order valence-corrected chi connectivity index (χ0v) is 13.0. The summed E-state index contributed by atoms with van der Waals surface area (Å²) in [4.78, 5) is 17.0. The highest BCUT2D eigenvalue weighted by molar-refractivity contribution is 9.10. The van der Waals surface area contributed by atoms with E-state index < -0.39 is 0 Å². The van der Waals surface area contributed by atoms with E-state index in [0.29, 0.717) is 10.3 Å². The Morgan fingerprint density at radius 2 is 1.89 bits per heavy atom. The normalized spacial score (nSPS) is 10.5. The maximum atomic E-state index is 11.1. The van der Waals surface area contributed by atoms with Gasteiger partial charge in [0, 0.05) is 29.8 Å². The fourth-order valence-electron chi connectivity index (χ4n) is 1.82. The van der Waals surface area contributed by atoms with Gasteiger partial charge in [-0.15, -0.1) is 0 Å². The van der Waals surface area contributed by atoms with Crippen LogP contribution in [0.3, 0.4) is 0 Å². The first-order chi connectivity index (χ1) is 9.10. The van der Waals surface area contributed by atoms with Crippen LogP contribution in [0.25, 0.3) is 0 Å². The van der Waals surface area contributed by atoms with Gasteiger partial charge in [-0.25, -0.2) is 4.98 Å². The second-order valence-corrected chi connectivity index (χ2v) is 5.36. The van der Waals surface area contributed by atoms with Crippen molar-refractivity contribution in [1.29, 1.82) is 0 Å². The second-order valence-electron chi connectivity index (χ2n) is 4.45. The first-order valence-electron chi connectivity index (χ1n) is 6.65. The van der Waals surface area contributed by atoms with Crippen molar-refractivity contribution in [2.45, 2.75) is 39.5 Å². The number of aromatic nitrogens is 1. The highest BCUT2D eigenvalue weighted by Crippen LogP contribution is 2.29. The lowest BCUT2D eigenvalue weighted by molar-refractivity contribution is -0.384. The number of rotatable bonds is 8. The summed E-state index contributed by atoms with van der Waals surface area (Å²) >= 11 is 3.23. The summed E-state index contributed by atoms with van der Waals surface area (Å²) in [5, 5.41) is 11.1. The van der Waals surface area contributed by atoms with Gasteiger partial charge >= 0.3 is 5.69 Å². The van der Waals surface area contributed by atoms with E-state index in [-0.39, 0.29) is 10.6 Å². The summed E-state index contributed by atoms with van der Waals surface area (Å²) < 4.78 is 0.633. The molecule has 0 saturated carbocycles. The maximum absolute atomic E-state index is 11.1. The number of halogens is 1. The van der Waals surface area contributed by atoms with Gasteiger partial charge in [-0.2, -0.15) is 0 Å². The molecule has 0 N–H and O–H groups in total. The summed E-state index contributed by atoms with van der Waals surface area (Å²) in [6.07, 6.45) is 5.77. The Bertz CT molecular complexity index is 418. The number of nitro groups is 1. The molecule has 0 aliphatic carbocycles. The molecule has 0 amide bonds. The van der Waals surface area contributed by atoms with Gasteiger partial charge in [0.1, 0.15) is 0 Å². The maximum Gasteiger partial charge on any atom is 0.312 e. The largest absolute Gasteiger partial charge is 0.351 e. The van der Waals surface area contributed by atoms with Gasteiger partial charge in [0.2, 0.25) is 5.82 Å². The zero-order valence-electron chi connectivity index (χ0n) is 11.4. The molecule has 19 heavy (non-hydrogen) atoms. The zero-order chi connectivity index (χ0) is 14.3. The molecular formula is C13H20BrN3O2. The van der Waals surface area contributed by atoms with Crippen LogP contribution in [-0.4, -0.2) is 23.0 Å². The first-order valence-corrected chi connectivity index (χ1v) is 7.44. The van der Waals surface area contributed by atoms with Gasteiger partial charge in [0.25, 0.3) is 0 Å². The lowest BCUT2D eigenvalue weighted by Crippen LogP contribution is -2.27. The predicted octanol–water partition coefficient (Wildman–Crippen LogP) is 4.16. The average Bonchev–Trinajstić information content (AvgIpc) is 2.39. The Morgan fingerprint density at radius 1 is 1.32 bits per heavy atom. The van der Waals surface area contributed by atoms with Gasteiger partial charge in [-0.05, 0) is 28.8 Å². The topological polar surface area (TPSA) is 59.3 Å². The van der Waals surface area contributed by atoms with E-state index in [1.165, 1.54) is 6.07 Å². The van der Waals surface area contributed by atoms with E-state index in [9.17, 15) is 10.1 Å². The summed E-state index contributed by atoms with van der Waals surface area (Å²) in [5.41, 5.74) is 0.0709. The molecule has 0 bridgehead atoms. The van der Waals surface area contributed by atoms with Crippen LogP contribution in [0, 0.1) is 10.1 Å². The average molecular weight is 330 g/mol. The molecule has 0 atom stereocenters. The van der Waals surface area contributed by atoms with E-state index in [2.05, 4.69) is 34.8 Å². The standard InChI is InChI=1S/C13H20BrN3O2/c1-3-5-7-16(8-6-4-2)13-12(17(18)19)9-11(14)10-15-13/h9-10H,3-8H2,1-2H3. The van der Waals surface area contributed by atoms with E-state index in [1.54, 1.807) is 6.20 Å². The molecule has 1 rings (SSSR count). The number of pyridine rings is 1. The van der Waals surface area contributed by atoms with Gasteiger partial charge in [-0.3, -0.25) is 10.1 Å². The van der Waals surface area contributed by atoms with Crippen LogP contribution in [0.1, 0.15) is 39.5 Å². The third-order valence-electron chi connectivity index (χ3n) is 2.87. The fourth-order valence-corrected chi connectivity index (χ4v) is 2.14. The van der Waals surface area contributed by atoms with Crippen LogP contribution in [0.2, 0.25) is 0 Å².